The number of amides is 1. The molecule has 1 unspecified atom stereocenters. The molecule has 0 aromatic heterocycles. The fourth-order valence-electron chi connectivity index (χ4n) is 1.89. The maximum Gasteiger partial charge on any atom is 0.242 e. The summed E-state index contributed by atoms with van der Waals surface area (Å²) in [5.74, 6) is 0.139. The summed E-state index contributed by atoms with van der Waals surface area (Å²) in [4.78, 5) is 11.6. The number of carbonyl (C=O) groups is 1. The number of nitrogens with two attached hydrogens (primary N) is 1. The van der Waals surface area contributed by atoms with Crippen LogP contribution >= 0.6 is 0 Å². The van der Waals surface area contributed by atoms with Crippen molar-refractivity contribution < 1.29 is 4.79 Å². The van der Waals surface area contributed by atoms with E-state index in [2.05, 4.69) is 31.3 Å². The van der Waals surface area contributed by atoms with Gasteiger partial charge in [-0.2, -0.15) is 0 Å². The Balaban J connectivity index is 3.08. The number of primary amides is 1. The topological polar surface area (TPSA) is 55.1 Å². The molecule has 1 rings (SSSR count). The van der Waals surface area contributed by atoms with Crippen LogP contribution in [0.1, 0.15) is 44.7 Å². The third kappa shape index (κ3) is 2.86. The van der Waals surface area contributed by atoms with E-state index < -0.39 is 5.54 Å². The lowest BCUT2D eigenvalue weighted by molar-refractivity contribution is -0.124. The fraction of sp³-hybridized carbons (Fsp3) is 0.500. The van der Waals surface area contributed by atoms with Crippen LogP contribution < -0.4 is 11.1 Å². The molecule has 1 aromatic rings. The molecule has 1 atom stereocenters. The van der Waals surface area contributed by atoms with Crippen molar-refractivity contribution >= 4 is 5.91 Å². The van der Waals surface area contributed by atoms with Crippen LogP contribution in [0, 0.1) is 0 Å². The third-order valence-corrected chi connectivity index (χ3v) is 3.18. The van der Waals surface area contributed by atoms with E-state index in [0.717, 1.165) is 5.56 Å². The molecule has 0 radical (unpaired) electrons. The van der Waals surface area contributed by atoms with Crippen molar-refractivity contribution in [3.8, 4) is 0 Å². The van der Waals surface area contributed by atoms with E-state index in [1.807, 2.05) is 26.0 Å². The average molecular weight is 234 g/mol. The first-order valence-corrected chi connectivity index (χ1v) is 6.07. The number of hydrogen-bond acceptors (Lipinski definition) is 2. The quantitative estimate of drug-likeness (QED) is 0.820. The van der Waals surface area contributed by atoms with Gasteiger partial charge >= 0.3 is 0 Å². The zero-order valence-electron chi connectivity index (χ0n) is 11.1. The lowest BCUT2D eigenvalue weighted by Crippen LogP contribution is -2.50. The van der Waals surface area contributed by atoms with Crippen molar-refractivity contribution in [1.29, 1.82) is 0 Å². The van der Waals surface area contributed by atoms with Crippen molar-refractivity contribution in [3.05, 3.63) is 35.4 Å². The van der Waals surface area contributed by atoms with Gasteiger partial charge in [0.25, 0.3) is 0 Å². The molecular weight excluding hydrogens is 212 g/mol. The Morgan fingerprint density at radius 3 is 2.24 bits per heavy atom. The van der Waals surface area contributed by atoms with Crippen molar-refractivity contribution in [2.24, 2.45) is 5.73 Å². The molecule has 0 spiro atoms. The highest BCUT2D eigenvalue weighted by Gasteiger charge is 2.31. The second kappa shape index (κ2) is 5.32. The molecule has 3 nitrogen and oxygen atoms in total. The average Bonchev–Trinajstić information content (AvgIpc) is 2.29. The Bertz CT molecular complexity index is 384. The molecule has 0 aliphatic rings. The van der Waals surface area contributed by atoms with Gasteiger partial charge in [-0.05, 0) is 30.5 Å². The summed E-state index contributed by atoms with van der Waals surface area (Å²) in [6.07, 6.45) is 0. The number of rotatable bonds is 5. The molecule has 0 saturated carbocycles. The molecule has 3 heteroatoms. The lowest BCUT2D eigenvalue weighted by atomic mass is 9.89. The van der Waals surface area contributed by atoms with Crippen LogP contribution in [0.2, 0.25) is 0 Å². The second-order valence-electron chi connectivity index (χ2n) is 4.80. The predicted molar refractivity (Wildman–Crippen MR) is 70.8 cm³/mol. The van der Waals surface area contributed by atoms with Crippen molar-refractivity contribution in [3.63, 3.8) is 0 Å². The van der Waals surface area contributed by atoms with Crippen LogP contribution in [-0.2, 0) is 10.3 Å². The van der Waals surface area contributed by atoms with Gasteiger partial charge in [0.05, 0.1) is 0 Å². The molecule has 1 aromatic carbocycles. The minimum Gasteiger partial charge on any atom is -0.368 e. The molecule has 0 fully saturated rings. The van der Waals surface area contributed by atoms with Gasteiger partial charge < -0.3 is 11.1 Å². The Kier molecular flexibility index (Phi) is 4.29. The van der Waals surface area contributed by atoms with Crippen LogP contribution in [0.4, 0.5) is 0 Å². The highest BCUT2D eigenvalue weighted by Crippen LogP contribution is 2.23. The summed E-state index contributed by atoms with van der Waals surface area (Å²) >= 11 is 0. The fourth-order valence-corrected chi connectivity index (χ4v) is 1.89. The van der Waals surface area contributed by atoms with Crippen LogP contribution in [0.15, 0.2) is 24.3 Å². The normalized spacial score (nSPS) is 14.6. The van der Waals surface area contributed by atoms with Crippen molar-refractivity contribution in [2.75, 3.05) is 6.54 Å². The molecule has 0 bridgehead atoms. The van der Waals surface area contributed by atoms with Gasteiger partial charge in [-0.3, -0.25) is 4.79 Å². The molecule has 0 aliphatic heterocycles. The van der Waals surface area contributed by atoms with Crippen LogP contribution in [0.25, 0.3) is 0 Å². The van der Waals surface area contributed by atoms with Crippen LogP contribution in [-0.4, -0.2) is 12.5 Å². The van der Waals surface area contributed by atoms with E-state index in [0.29, 0.717) is 12.5 Å². The Morgan fingerprint density at radius 1 is 1.35 bits per heavy atom. The molecular formula is C14H22N2O. The smallest absolute Gasteiger partial charge is 0.242 e. The minimum absolute atomic E-state index is 0.350. The van der Waals surface area contributed by atoms with E-state index in [9.17, 15) is 4.79 Å². The maximum atomic E-state index is 11.6. The van der Waals surface area contributed by atoms with Gasteiger partial charge in [0.15, 0.2) is 0 Å². The van der Waals surface area contributed by atoms with Crippen molar-refractivity contribution in [2.45, 2.75) is 39.2 Å². The third-order valence-electron chi connectivity index (χ3n) is 3.18. The summed E-state index contributed by atoms with van der Waals surface area (Å²) < 4.78 is 0. The number of likely N-dealkylation sites (N-methyl/N-ethyl adjacent to an activating group) is 1. The number of nitrogens with one attached hydrogen (secondary N) is 1. The maximum absolute atomic E-state index is 11.6. The second-order valence-corrected chi connectivity index (χ2v) is 4.80. The molecule has 3 N–H and O–H groups in total. The number of carbonyl (C=O) groups excluding carboxylic acids is 1. The highest BCUT2D eigenvalue weighted by molar-refractivity contribution is 5.85. The highest BCUT2D eigenvalue weighted by atomic mass is 16.1. The Morgan fingerprint density at radius 2 is 1.88 bits per heavy atom. The Labute approximate surface area is 103 Å². The summed E-state index contributed by atoms with van der Waals surface area (Å²) in [6, 6.07) is 8.06. The minimum atomic E-state index is -0.787. The molecule has 94 valence electrons. The first-order chi connectivity index (χ1) is 7.91. The van der Waals surface area contributed by atoms with E-state index in [-0.39, 0.29) is 5.91 Å². The first-order valence-electron chi connectivity index (χ1n) is 6.07. The first kappa shape index (κ1) is 13.7. The summed E-state index contributed by atoms with van der Waals surface area (Å²) in [5.41, 5.74) is 6.87. The molecule has 0 aliphatic carbocycles. The number of benzene rings is 1. The lowest BCUT2D eigenvalue weighted by Gasteiger charge is -2.27. The van der Waals surface area contributed by atoms with E-state index in [4.69, 9.17) is 5.73 Å². The monoisotopic (exact) mass is 234 g/mol. The molecule has 17 heavy (non-hydrogen) atoms. The Hall–Kier alpha value is -1.35. The van der Waals surface area contributed by atoms with Gasteiger partial charge in [0, 0.05) is 0 Å². The van der Waals surface area contributed by atoms with E-state index in [1.54, 1.807) is 0 Å². The van der Waals surface area contributed by atoms with E-state index >= 15 is 0 Å². The standard InChI is InChI=1S/C14H22N2O/c1-5-16-14(4,13(15)17)12-8-6-11(7-9-12)10(2)3/h6-10,16H,5H2,1-4H3,(H2,15,17). The summed E-state index contributed by atoms with van der Waals surface area (Å²) in [7, 11) is 0. The molecule has 1 amide bonds. The van der Waals surface area contributed by atoms with Gasteiger partial charge in [0.1, 0.15) is 5.54 Å². The van der Waals surface area contributed by atoms with Crippen molar-refractivity contribution in [1.82, 2.24) is 5.32 Å². The van der Waals surface area contributed by atoms with Crippen LogP contribution in [0.3, 0.4) is 0 Å². The predicted octanol–water partition coefficient (Wildman–Crippen LogP) is 2.12. The summed E-state index contributed by atoms with van der Waals surface area (Å²) in [5, 5.41) is 3.15. The molecule has 0 saturated heterocycles. The SMILES string of the molecule is CCNC(C)(C(N)=O)c1ccc(C(C)C)cc1. The zero-order chi connectivity index (χ0) is 13.1. The number of hydrogen-bond donors (Lipinski definition) is 2. The van der Waals surface area contributed by atoms with Gasteiger partial charge in [-0.1, -0.05) is 45.0 Å². The van der Waals surface area contributed by atoms with Crippen LogP contribution in [0.5, 0.6) is 0 Å². The molecule has 0 heterocycles. The van der Waals surface area contributed by atoms with Gasteiger partial charge in [-0.25, -0.2) is 0 Å². The largest absolute Gasteiger partial charge is 0.368 e. The zero-order valence-corrected chi connectivity index (χ0v) is 11.1. The summed E-state index contributed by atoms with van der Waals surface area (Å²) in [6.45, 7) is 8.78. The van der Waals surface area contributed by atoms with E-state index in [1.165, 1.54) is 5.56 Å². The van der Waals surface area contributed by atoms with Gasteiger partial charge in [-0.15, -0.1) is 0 Å². The van der Waals surface area contributed by atoms with Gasteiger partial charge in [0.2, 0.25) is 5.91 Å².